The molecule has 0 radical (unpaired) electrons. The van der Waals surface area contributed by atoms with E-state index in [4.69, 9.17) is 10.5 Å². The first-order chi connectivity index (χ1) is 9.75. The summed E-state index contributed by atoms with van der Waals surface area (Å²) < 4.78 is 5.54. The van der Waals surface area contributed by atoms with E-state index in [2.05, 4.69) is 6.07 Å². The summed E-state index contributed by atoms with van der Waals surface area (Å²) in [5.41, 5.74) is 8.18. The molecular weight excluding hydrogens is 250 g/mol. The minimum Gasteiger partial charge on any atom is -0.493 e. The molecule has 0 saturated heterocycles. The zero-order chi connectivity index (χ0) is 14.0. The molecule has 110 valence electrons. The van der Waals surface area contributed by atoms with E-state index in [9.17, 15) is 5.11 Å². The van der Waals surface area contributed by atoms with Crippen LogP contribution >= 0.6 is 0 Å². The van der Waals surface area contributed by atoms with Gasteiger partial charge in [0.25, 0.3) is 0 Å². The molecule has 1 atom stereocenters. The molecular formula is C17H25NO2. The van der Waals surface area contributed by atoms with Gasteiger partial charge >= 0.3 is 0 Å². The number of hydrogen-bond acceptors (Lipinski definition) is 3. The first-order valence-corrected chi connectivity index (χ1v) is 7.89. The highest BCUT2D eigenvalue weighted by Gasteiger charge is 2.38. The Kier molecular flexibility index (Phi) is 3.99. The number of fused-ring (bicyclic) bond motifs is 1. The maximum absolute atomic E-state index is 10.9. The molecule has 1 saturated carbocycles. The predicted octanol–water partition coefficient (Wildman–Crippen LogP) is 2.95. The molecule has 1 aliphatic heterocycles. The maximum Gasteiger partial charge on any atom is 0.122 e. The van der Waals surface area contributed by atoms with Gasteiger partial charge in [-0.15, -0.1) is 0 Å². The van der Waals surface area contributed by atoms with Crippen LogP contribution in [-0.2, 0) is 6.42 Å². The van der Waals surface area contributed by atoms with E-state index in [0.29, 0.717) is 6.54 Å². The van der Waals surface area contributed by atoms with Crippen LogP contribution in [0.1, 0.15) is 55.8 Å². The molecule has 0 spiro atoms. The number of aliphatic hydroxyl groups is 1. The van der Waals surface area contributed by atoms with Crippen LogP contribution < -0.4 is 10.5 Å². The SMILES string of the molecule is NCC1(C(O)c2ccc3c(c2)CCO3)CCCCCC1. The van der Waals surface area contributed by atoms with Gasteiger partial charge in [-0.05, 0) is 36.1 Å². The molecule has 2 aliphatic rings. The molecule has 3 N–H and O–H groups in total. The largest absolute Gasteiger partial charge is 0.493 e. The van der Waals surface area contributed by atoms with E-state index < -0.39 is 6.10 Å². The molecule has 3 rings (SSSR count). The first-order valence-electron chi connectivity index (χ1n) is 7.89. The summed E-state index contributed by atoms with van der Waals surface area (Å²) in [5, 5.41) is 10.9. The van der Waals surface area contributed by atoms with Crippen molar-refractivity contribution in [1.29, 1.82) is 0 Å². The zero-order valence-corrected chi connectivity index (χ0v) is 12.1. The van der Waals surface area contributed by atoms with Crippen molar-refractivity contribution in [3.05, 3.63) is 29.3 Å². The molecule has 1 unspecified atom stereocenters. The first kappa shape index (κ1) is 13.9. The van der Waals surface area contributed by atoms with Gasteiger partial charge in [0.05, 0.1) is 12.7 Å². The fourth-order valence-corrected chi connectivity index (χ4v) is 3.75. The predicted molar refractivity (Wildman–Crippen MR) is 79.8 cm³/mol. The van der Waals surface area contributed by atoms with Gasteiger partial charge in [0.15, 0.2) is 0 Å². The van der Waals surface area contributed by atoms with Crippen molar-refractivity contribution in [1.82, 2.24) is 0 Å². The Morgan fingerprint density at radius 2 is 1.95 bits per heavy atom. The number of nitrogens with two attached hydrogens (primary N) is 1. The van der Waals surface area contributed by atoms with Crippen LogP contribution in [0.2, 0.25) is 0 Å². The Morgan fingerprint density at radius 1 is 1.20 bits per heavy atom. The topological polar surface area (TPSA) is 55.5 Å². The maximum atomic E-state index is 10.9. The van der Waals surface area contributed by atoms with Crippen LogP contribution in [0.3, 0.4) is 0 Å². The molecule has 20 heavy (non-hydrogen) atoms. The Labute approximate surface area is 121 Å². The van der Waals surface area contributed by atoms with Crippen molar-refractivity contribution < 1.29 is 9.84 Å². The molecule has 0 bridgehead atoms. The molecule has 3 nitrogen and oxygen atoms in total. The van der Waals surface area contributed by atoms with Crippen LogP contribution in [0.25, 0.3) is 0 Å². The van der Waals surface area contributed by atoms with Crippen molar-refractivity contribution in [2.75, 3.05) is 13.2 Å². The van der Waals surface area contributed by atoms with E-state index in [1.165, 1.54) is 31.2 Å². The fourth-order valence-electron chi connectivity index (χ4n) is 3.75. The summed E-state index contributed by atoms with van der Waals surface area (Å²) in [5.74, 6) is 0.976. The van der Waals surface area contributed by atoms with Gasteiger partial charge in [-0.1, -0.05) is 31.7 Å². The highest BCUT2D eigenvalue weighted by molar-refractivity contribution is 5.41. The van der Waals surface area contributed by atoms with Crippen LogP contribution in [0.15, 0.2) is 18.2 Å². The average molecular weight is 275 g/mol. The van der Waals surface area contributed by atoms with E-state index in [1.807, 2.05) is 12.1 Å². The minimum absolute atomic E-state index is 0.135. The van der Waals surface area contributed by atoms with Gasteiger partial charge in [-0.25, -0.2) is 0 Å². The molecule has 0 amide bonds. The number of hydrogen-bond donors (Lipinski definition) is 2. The van der Waals surface area contributed by atoms with Crippen LogP contribution in [-0.4, -0.2) is 18.3 Å². The lowest BCUT2D eigenvalue weighted by Gasteiger charge is -2.36. The van der Waals surface area contributed by atoms with Crippen molar-refractivity contribution in [3.8, 4) is 5.75 Å². The Morgan fingerprint density at radius 3 is 2.65 bits per heavy atom. The molecule has 1 heterocycles. The van der Waals surface area contributed by atoms with E-state index in [1.54, 1.807) is 0 Å². The molecule has 1 aromatic carbocycles. The molecule has 1 aliphatic carbocycles. The van der Waals surface area contributed by atoms with Gasteiger partial charge in [0.2, 0.25) is 0 Å². The summed E-state index contributed by atoms with van der Waals surface area (Å²) in [6, 6.07) is 6.13. The molecule has 3 heteroatoms. The van der Waals surface area contributed by atoms with Crippen molar-refractivity contribution in [2.24, 2.45) is 11.1 Å². The number of benzene rings is 1. The fraction of sp³-hybridized carbons (Fsp3) is 0.647. The quantitative estimate of drug-likeness (QED) is 0.834. The second-order valence-electron chi connectivity index (χ2n) is 6.35. The van der Waals surface area contributed by atoms with Gasteiger partial charge in [0, 0.05) is 18.4 Å². The van der Waals surface area contributed by atoms with Crippen molar-refractivity contribution >= 4 is 0 Å². The van der Waals surface area contributed by atoms with Gasteiger partial charge in [-0.3, -0.25) is 0 Å². The third-order valence-corrected chi connectivity index (χ3v) is 5.12. The summed E-state index contributed by atoms with van der Waals surface area (Å²) in [4.78, 5) is 0. The van der Waals surface area contributed by atoms with Crippen LogP contribution in [0.4, 0.5) is 0 Å². The summed E-state index contributed by atoms with van der Waals surface area (Å²) >= 11 is 0. The van der Waals surface area contributed by atoms with Crippen molar-refractivity contribution in [2.45, 2.75) is 51.0 Å². The summed E-state index contributed by atoms with van der Waals surface area (Å²) in [6.45, 7) is 1.33. The smallest absolute Gasteiger partial charge is 0.122 e. The molecule has 1 fully saturated rings. The average Bonchev–Trinajstić information content (AvgIpc) is 2.81. The molecule has 0 aromatic heterocycles. The number of rotatable bonds is 3. The lowest BCUT2D eigenvalue weighted by atomic mass is 9.73. The lowest BCUT2D eigenvalue weighted by Crippen LogP contribution is -2.36. The van der Waals surface area contributed by atoms with E-state index in [-0.39, 0.29) is 5.41 Å². The highest BCUT2D eigenvalue weighted by atomic mass is 16.5. The monoisotopic (exact) mass is 275 g/mol. The lowest BCUT2D eigenvalue weighted by molar-refractivity contribution is 0.0166. The Bertz CT molecular complexity index is 464. The zero-order valence-electron chi connectivity index (χ0n) is 12.1. The summed E-state index contributed by atoms with van der Waals surface area (Å²) in [6.07, 6.45) is 7.49. The van der Waals surface area contributed by atoms with Gasteiger partial charge < -0.3 is 15.6 Å². The van der Waals surface area contributed by atoms with E-state index >= 15 is 0 Å². The summed E-state index contributed by atoms with van der Waals surface area (Å²) in [7, 11) is 0. The number of ether oxygens (including phenoxy) is 1. The van der Waals surface area contributed by atoms with Crippen LogP contribution in [0.5, 0.6) is 5.75 Å². The second-order valence-corrected chi connectivity index (χ2v) is 6.35. The Hall–Kier alpha value is -1.06. The van der Waals surface area contributed by atoms with E-state index in [0.717, 1.165) is 37.2 Å². The highest BCUT2D eigenvalue weighted by Crippen LogP contribution is 2.45. The molecule has 1 aromatic rings. The van der Waals surface area contributed by atoms with Gasteiger partial charge in [-0.2, -0.15) is 0 Å². The third-order valence-electron chi connectivity index (χ3n) is 5.12. The second kappa shape index (κ2) is 5.74. The Balaban J connectivity index is 1.87. The standard InChI is InChI=1S/C17H25NO2/c18-12-17(8-3-1-2-4-9-17)16(19)14-5-6-15-13(11-14)7-10-20-15/h5-6,11,16,19H,1-4,7-10,12,18H2. The minimum atomic E-state index is -0.448. The van der Waals surface area contributed by atoms with Crippen LogP contribution in [0, 0.1) is 5.41 Å². The third kappa shape index (κ3) is 2.45. The number of aliphatic hydroxyl groups excluding tert-OH is 1. The normalized spacial score (nSPS) is 22.7. The van der Waals surface area contributed by atoms with Gasteiger partial charge in [0.1, 0.15) is 5.75 Å². The van der Waals surface area contributed by atoms with Crippen molar-refractivity contribution in [3.63, 3.8) is 0 Å².